The van der Waals surface area contributed by atoms with Crippen molar-refractivity contribution >= 4 is 29.3 Å². The number of amides is 2. The van der Waals surface area contributed by atoms with E-state index in [4.69, 9.17) is 0 Å². The molecular formula is C25H31N3O2. The Morgan fingerprint density at radius 3 is 2.50 bits per heavy atom. The molecule has 1 aliphatic rings. The second kappa shape index (κ2) is 10.6. The number of benzene rings is 2. The van der Waals surface area contributed by atoms with Gasteiger partial charge in [-0.1, -0.05) is 37.3 Å². The van der Waals surface area contributed by atoms with Gasteiger partial charge in [-0.3, -0.25) is 9.59 Å². The van der Waals surface area contributed by atoms with Gasteiger partial charge in [-0.2, -0.15) is 0 Å². The van der Waals surface area contributed by atoms with Gasteiger partial charge in [0.1, 0.15) is 0 Å². The number of piperidine rings is 1. The fourth-order valence-electron chi connectivity index (χ4n) is 3.53. The van der Waals surface area contributed by atoms with Gasteiger partial charge in [-0.15, -0.1) is 0 Å². The SMILES string of the molecule is CC[C@H](C)NC(=O)c1cc(NC(=O)/C=C/c2ccccc2)ccc1N1CCCCC1. The molecule has 0 bridgehead atoms. The molecule has 0 aromatic heterocycles. The summed E-state index contributed by atoms with van der Waals surface area (Å²) in [5.41, 5.74) is 3.13. The number of hydrogen-bond acceptors (Lipinski definition) is 3. The van der Waals surface area contributed by atoms with E-state index in [1.807, 2.05) is 56.3 Å². The third-order valence-electron chi connectivity index (χ3n) is 5.42. The van der Waals surface area contributed by atoms with E-state index >= 15 is 0 Å². The summed E-state index contributed by atoms with van der Waals surface area (Å²) >= 11 is 0. The number of carbonyl (C=O) groups is 2. The topological polar surface area (TPSA) is 61.4 Å². The minimum absolute atomic E-state index is 0.0961. The number of carbonyl (C=O) groups excluding carboxylic acids is 2. The summed E-state index contributed by atoms with van der Waals surface area (Å²) in [5.74, 6) is -0.321. The Hall–Kier alpha value is -3.08. The van der Waals surface area contributed by atoms with Gasteiger partial charge in [0.25, 0.3) is 5.91 Å². The Balaban J connectivity index is 1.79. The van der Waals surface area contributed by atoms with Crippen molar-refractivity contribution in [3.8, 4) is 0 Å². The van der Waals surface area contributed by atoms with Crippen LogP contribution in [0.15, 0.2) is 54.6 Å². The lowest BCUT2D eigenvalue weighted by atomic mass is 10.1. The van der Waals surface area contributed by atoms with E-state index in [2.05, 4.69) is 15.5 Å². The highest BCUT2D eigenvalue weighted by Crippen LogP contribution is 2.27. The normalized spacial score (nSPS) is 15.1. The molecule has 0 spiro atoms. The van der Waals surface area contributed by atoms with Crippen molar-refractivity contribution in [2.24, 2.45) is 0 Å². The standard InChI is InChI=1S/C25H31N3O2/c1-3-19(2)26-25(30)22-18-21(13-14-23(22)28-16-8-5-9-17-28)27-24(29)15-12-20-10-6-4-7-11-20/h4,6-7,10-15,18-19H,3,5,8-9,16-17H2,1-2H3,(H,26,30)(H,27,29)/b15-12+/t19-/m0/s1. The van der Waals surface area contributed by atoms with E-state index < -0.39 is 0 Å². The minimum atomic E-state index is -0.224. The van der Waals surface area contributed by atoms with E-state index in [9.17, 15) is 9.59 Å². The van der Waals surface area contributed by atoms with Crippen molar-refractivity contribution in [1.29, 1.82) is 0 Å². The van der Waals surface area contributed by atoms with Gasteiger partial charge in [0.15, 0.2) is 0 Å². The predicted molar refractivity (Wildman–Crippen MR) is 124 cm³/mol. The molecule has 5 nitrogen and oxygen atoms in total. The summed E-state index contributed by atoms with van der Waals surface area (Å²) in [6.45, 7) is 5.95. The molecule has 0 radical (unpaired) electrons. The molecule has 1 saturated heterocycles. The zero-order valence-corrected chi connectivity index (χ0v) is 17.9. The monoisotopic (exact) mass is 405 g/mol. The van der Waals surface area contributed by atoms with Crippen LogP contribution in [-0.2, 0) is 4.79 Å². The molecule has 30 heavy (non-hydrogen) atoms. The molecule has 0 saturated carbocycles. The second-order valence-electron chi connectivity index (χ2n) is 7.80. The zero-order valence-electron chi connectivity index (χ0n) is 17.9. The van der Waals surface area contributed by atoms with Crippen molar-refractivity contribution in [1.82, 2.24) is 5.32 Å². The highest BCUT2D eigenvalue weighted by molar-refractivity contribution is 6.05. The van der Waals surface area contributed by atoms with Crippen LogP contribution >= 0.6 is 0 Å². The summed E-state index contributed by atoms with van der Waals surface area (Å²) in [5, 5.41) is 5.94. The Morgan fingerprint density at radius 1 is 1.07 bits per heavy atom. The van der Waals surface area contributed by atoms with Crippen LogP contribution in [0.2, 0.25) is 0 Å². The maximum absolute atomic E-state index is 13.0. The quantitative estimate of drug-likeness (QED) is 0.647. The van der Waals surface area contributed by atoms with Crippen LogP contribution in [0.4, 0.5) is 11.4 Å². The van der Waals surface area contributed by atoms with Gasteiger partial charge in [0.2, 0.25) is 5.91 Å². The first-order valence-electron chi connectivity index (χ1n) is 10.8. The molecule has 1 fully saturated rings. The van der Waals surface area contributed by atoms with Crippen molar-refractivity contribution < 1.29 is 9.59 Å². The average Bonchev–Trinajstić information content (AvgIpc) is 2.78. The molecule has 2 aromatic carbocycles. The predicted octanol–water partition coefficient (Wildman–Crippen LogP) is 4.86. The molecule has 0 unspecified atom stereocenters. The van der Waals surface area contributed by atoms with E-state index in [0.717, 1.165) is 43.6 Å². The largest absolute Gasteiger partial charge is 0.371 e. The Kier molecular flexibility index (Phi) is 7.66. The van der Waals surface area contributed by atoms with Crippen molar-refractivity contribution in [3.63, 3.8) is 0 Å². The number of anilines is 2. The van der Waals surface area contributed by atoms with Gasteiger partial charge >= 0.3 is 0 Å². The minimum Gasteiger partial charge on any atom is -0.371 e. The van der Waals surface area contributed by atoms with Gasteiger partial charge in [0.05, 0.1) is 5.56 Å². The first-order chi connectivity index (χ1) is 14.6. The van der Waals surface area contributed by atoms with E-state index in [1.165, 1.54) is 12.5 Å². The van der Waals surface area contributed by atoms with Crippen molar-refractivity contribution in [2.75, 3.05) is 23.3 Å². The summed E-state index contributed by atoms with van der Waals surface area (Å²) in [7, 11) is 0. The van der Waals surface area contributed by atoms with E-state index in [0.29, 0.717) is 11.3 Å². The Morgan fingerprint density at radius 2 is 1.80 bits per heavy atom. The molecule has 158 valence electrons. The third-order valence-corrected chi connectivity index (χ3v) is 5.42. The number of nitrogens with one attached hydrogen (secondary N) is 2. The molecule has 1 atom stereocenters. The fraction of sp³-hybridized carbons (Fsp3) is 0.360. The van der Waals surface area contributed by atoms with Gasteiger partial charge in [-0.05, 0) is 62.4 Å². The van der Waals surface area contributed by atoms with Crippen LogP contribution in [0.5, 0.6) is 0 Å². The molecular weight excluding hydrogens is 374 g/mol. The second-order valence-corrected chi connectivity index (χ2v) is 7.80. The lowest BCUT2D eigenvalue weighted by molar-refractivity contribution is -0.111. The van der Waals surface area contributed by atoms with Crippen molar-refractivity contribution in [2.45, 2.75) is 45.6 Å². The maximum Gasteiger partial charge on any atom is 0.253 e. The average molecular weight is 406 g/mol. The van der Waals surface area contributed by atoms with Crippen LogP contribution < -0.4 is 15.5 Å². The highest BCUT2D eigenvalue weighted by atomic mass is 16.2. The molecule has 1 aliphatic heterocycles. The summed E-state index contributed by atoms with van der Waals surface area (Å²) in [6, 6.07) is 15.4. The molecule has 5 heteroatoms. The molecule has 1 heterocycles. The highest BCUT2D eigenvalue weighted by Gasteiger charge is 2.20. The van der Waals surface area contributed by atoms with Crippen LogP contribution in [0.25, 0.3) is 6.08 Å². The lowest BCUT2D eigenvalue weighted by Gasteiger charge is -2.30. The molecule has 2 N–H and O–H groups in total. The zero-order chi connectivity index (χ0) is 21.3. The molecule has 3 rings (SSSR count). The van der Waals surface area contributed by atoms with E-state index in [-0.39, 0.29) is 17.9 Å². The maximum atomic E-state index is 13.0. The van der Waals surface area contributed by atoms with E-state index in [1.54, 1.807) is 12.1 Å². The lowest BCUT2D eigenvalue weighted by Crippen LogP contribution is -2.35. The van der Waals surface area contributed by atoms with Crippen LogP contribution in [0, 0.1) is 0 Å². The van der Waals surface area contributed by atoms with Crippen LogP contribution in [-0.4, -0.2) is 30.9 Å². The Bertz CT molecular complexity index is 887. The van der Waals surface area contributed by atoms with Crippen LogP contribution in [0.1, 0.15) is 55.5 Å². The van der Waals surface area contributed by atoms with Gasteiger partial charge in [-0.25, -0.2) is 0 Å². The first kappa shape index (κ1) is 21.6. The summed E-state index contributed by atoms with van der Waals surface area (Å²) < 4.78 is 0. The summed E-state index contributed by atoms with van der Waals surface area (Å²) in [4.78, 5) is 27.6. The third kappa shape index (κ3) is 5.96. The fourth-order valence-corrected chi connectivity index (χ4v) is 3.53. The number of nitrogens with zero attached hydrogens (tertiary/aromatic N) is 1. The molecule has 2 aromatic rings. The van der Waals surface area contributed by atoms with Gasteiger partial charge < -0.3 is 15.5 Å². The van der Waals surface area contributed by atoms with Crippen molar-refractivity contribution in [3.05, 3.63) is 65.7 Å². The number of rotatable bonds is 7. The number of hydrogen-bond donors (Lipinski definition) is 2. The van der Waals surface area contributed by atoms with Gasteiger partial charge in [0, 0.05) is 36.6 Å². The molecule has 0 aliphatic carbocycles. The Labute approximate surface area is 179 Å². The van der Waals surface area contributed by atoms with Crippen LogP contribution in [0.3, 0.4) is 0 Å². The smallest absolute Gasteiger partial charge is 0.253 e. The summed E-state index contributed by atoms with van der Waals surface area (Å²) in [6.07, 6.45) is 7.64. The molecule has 2 amide bonds. The first-order valence-corrected chi connectivity index (χ1v) is 10.8.